The average molecular weight is 522 g/mol. The number of halogens is 2. The van der Waals surface area contributed by atoms with Crippen molar-refractivity contribution >= 4 is 34.0 Å². The topological polar surface area (TPSA) is 98.4 Å². The Hall–Kier alpha value is -4.25. The van der Waals surface area contributed by atoms with Gasteiger partial charge in [-0.15, -0.1) is 0 Å². The first-order valence-electron chi connectivity index (χ1n) is 12.4. The lowest BCUT2D eigenvalue weighted by atomic mass is 10.2. The fourth-order valence-corrected chi connectivity index (χ4v) is 4.40. The van der Waals surface area contributed by atoms with Gasteiger partial charge in [-0.05, 0) is 44.2 Å². The Labute approximate surface area is 218 Å². The lowest BCUT2D eigenvalue weighted by molar-refractivity contribution is 0.0799. The molecule has 0 radical (unpaired) electrons. The highest BCUT2D eigenvalue weighted by molar-refractivity contribution is 6.01. The molecule has 11 heteroatoms. The number of anilines is 3. The average Bonchev–Trinajstić information content (AvgIpc) is 3.34. The van der Waals surface area contributed by atoms with Gasteiger partial charge in [0.2, 0.25) is 5.88 Å². The number of amides is 1. The molecule has 0 spiro atoms. The van der Waals surface area contributed by atoms with E-state index in [0.717, 1.165) is 37.9 Å². The van der Waals surface area contributed by atoms with E-state index in [0.29, 0.717) is 17.9 Å². The van der Waals surface area contributed by atoms with E-state index in [2.05, 4.69) is 30.5 Å². The Balaban J connectivity index is 1.50. The van der Waals surface area contributed by atoms with Crippen molar-refractivity contribution in [2.45, 2.75) is 13.8 Å². The second-order valence-corrected chi connectivity index (χ2v) is 9.14. The number of aryl methyl sites for hydroxylation is 1. The zero-order valence-corrected chi connectivity index (χ0v) is 21.4. The second kappa shape index (κ2) is 10.6. The fraction of sp³-hybridized carbons (Fsp3) is 0.296. The lowest BCUT2D eigenvalue weighted by Gasteiger charge is -2.29. The van der Waals surface area contributed by atoms with Crippen LogP contribution in [0.3, 0.4) is 0 Å². The summed E-state index contributed by atoms with van der Waals surface area (Å²) in [6.07, 6.45) is 1.21. The minimum Gasteiger partial charge on any atom is -0.435 e. The smallest absolute Gasteiger partial charge is 0.262 e. The number of hydrogen-bond acceptors (Lipinski definition) is 7. The molecule has 4 aromatic rings. The van der Waals surface area contributed by atoms with Gasteiger partial charge in [0.05, 0.1) is 5.52 Å². The van der Waals surface area contributed by atoms with Crippen LogP contribution in [0.2, 0.25) is 0 Å². The van der Waals surface area contributed by atoms with Gasteiger partial charge < -0.3 is 30.2 Å². The molecule has 3 N–H and O–H groups in total. The van der Waals surface area contributed by atoms with Crippen LogP contribution in [0.25, 0.3) is 10.9 Å². The molecule has 198 valence electrons. The normalized spacial score (nSPS) is 13.6. The predicted octanol–water partition coefficient (Wildman–Crippen LogP) is 4.58. The second-order valence-electron chi connectivity index (χ2n) is 9.14. The maximum Gasteiger partial charge on any atom is 0.262 e. The molecule has 0 atom stereocenters. The number of ether oxygens (including phenoxy) is 1. The number of aromatic amines is 1. The number of hydrogen-bond donors (Lipinski definition) is 3. The van der Waals surface area contributed by atoms with Crippen LogP contribution in [0.1, 0.15) is 23.0 Å². The number of aromatic nitrogens is 3. The molecule has 38 heavy (non-hydrogen) atoms. The molecule has 0 saturated carbocycles. The first-order valence-corrected chi connectivity index (χ1v) is 12.4. The number of rotatable bonds is 7. The van der Waals surface area contributed by atoms with Crippen molar-refractivity contribution in [3.05, 3.63) is 65.6 Å². The molecule has 1 amide bonds. The van der Waals surface area contributed by atoms with Crippen LogP contribution in [0.4, 0.5) is 26.0 Å². The molecule has 0 aliphatic carbocycles. The monoisotopic (exact) mass is 521 g/mol. The van der Waals surface area contributed by atoms with E-state index in [1.165, 1.54) is 17.3 Å². The Bertz CT molecular complexity index is 1470. The minimum atomic E-state index is -0.760. The van der Waals surface area contributed by atoms with E-state index >= 15 is 4.39 Å². The van der Waals surface area contributed by atoms with Gasteiger partial charge in [-0.1, -0.05) is 0 Å². The molecule has 0 unspecified atom stereocenters. The van der Waals surface area contributed by atoms with E-state index in [9.17, 15) is 9.18 Å². The molecule has 1 fully saturated rings. The Morgan fingerprint density at radius 2 is 1.89 bits per heavy atom. The summed E-state index contributed by atoms with van der Waals surface area (Å²) in [6.45, 7) is 7.64. The number of fused-ring (bicyclic) bond motifs is 1. The Morgan fingerprint density at radius 3 is 2.61 bits per heavy atom. The molecule has 9 nitrogen and oxygen atoms in total. The summed E-state index contributed by atoms with van der Waals surface area (Å²) in [5.41, 5.74) is 2.45. The van der Waals surface area contributed by atoms with Crippen molar-refractivity contribution < 1.29 is 18.3 Å². The highest BCUT2D eigenvalue weighted by atomic mass is 19.1. The van der Waals surface area contributed by atoms with E-state index in [4.69, 9.17) is 4.74 Å². The molecular formula is C27H29F2N7O2. The van der Waals surface area contributed by atoms with Crippen LogP contribution < -0.4 is 20.3 Å². The highest BCUT2D eigenvalue weighted by Gasteiger charge is 2.26. The van der Waals surface area contributed by atoms with E-state index in [1.54, 1.807) is 14.0 Å². The van der Waals surface area contributed by atoms with Gasteiger partial charge in [0, 0.05) is 68.3 Å². The zero-order chi connectivity index (χ0) is 26.8. The summed E-state index contributed by atoms with van der Waals surface area (Å²) in [4.78, 5) is 28.3. The van der Waals surface area contributed by atoms with Crippen molar-refractivity contribution in [2.24, 2.45) is 0 Å². The van der Waals surface area contributed by atoms with Gasteiger partial charge in [-0.25, -0.2) is 18.7 Å². The molecule has 5 rings (SSSR count). The van der Waals surface area contributed by atoms with Crippen LogP contribution >= 0.6 is 0 Å². The molecule has 1 aliphatic rings. The molecule has 0 bridgehead atoms. The van der Waals surface area contributed by atoms with Crippen LogP contribution in [-0.4, -0.2) is 65.5 Å². The molecule has 2 aromatic carbocycles. The van der Waals surface area contributed by atoms with Gasteiger partial charge in [0.25, 0.3) is 5.91 Å². The summed E-state index contributed by atoms with van der Waals surface area (Å²) >= 11 is 0. The number of piperazine rings is 1. The third-order valence-corrected chi connectivity index (χ3v) is 6.57. The van der Waals surface area contributed by atoms with Crippen LogP contribution in [0.15, 0.2) is 42.7 Å². The summed E-state index contributed by atoms with van der Waals surface area (Å²) in [6, 6.07) is 10.2. The third kappa shape index (κ3) is 4.97. The quantitative estimate of drug-likeness (QED) is 0.327. The van der Waals surface area contributed by atoms with Crippen molar-refractivity contribution in [1.82, 2.24) is 25.2 Å². The Morgan fingerprint density at radius 1 is 1.16 bits per heavy atom. The predicted molar refractivity (Wildman–Crippen MR) is 142 cm³/mol. The van der Waals surface area contributed by atoms with Gasteiger partial charge in [0.1, 0.15) is 11.9 Å². The summed E-state index contributed by atoms with van der Waals surface area (Å²) in [5, 5.41) is 6.55. The minimum absolute atomic E-state index is 0.00758. The van der Waals surface area contributed by atoms with Crippen LogP contribution in [0, 0.1) is 18.6 Å². The zero-order valence-electron chi connectivity index (χ0n) is 21.4. The maximum atomic E-state index is 15.3. The van der Waals surface area contributed by atoms with Crippen molar-refractivity contribution in [1.29, 1.82) is 0 Å². The van der Waals surface area contributed by atoms with Crippen molar-refractivity contribution in [2.75, 3.05) is 50.0 Å². The first-order chi connectivity index (χ1) is 18.4. The molecule has 1 saturated heterocycles. The summed E-state index contributed by atoms with van der Waals surface area (Å²) in [7, 11) is 1.63. The lowest BCUT2D eigenvalue weighted by Crippen LogP contribution is -2.43. The Kier molecular flexibility index (Phi) is 7.10. The molecule has 2 aromatic heterocycles. The number of carbonyl (C=O) groups excluding carboxylic acids is 1. The van der Waals surface area contributed by atoms with Gasteiger partial charge in [-0.3, -0.25) is 4.79 Å². The third-order valence-electron chi connectivity index (χ3n) is 6.57. The van der Waals surface area contributed by atoms with Gasteiger partial charge in [-0.2, -0.15) is 0 Å². The number of nitrogens with one attached hydrogen (secondary N) is 3. The highest BCUT2D eigenvalue weighted by Crippen LogP contribution is 2.35. The number of benzene rings is 2. The largest absolute Gasteiger partial charge is 0.435 e. The van der Waals surface area contributed by atoms with E-state index in [1.807, 2.05) is 31.2 Å². The van der Waals surface area contributed by atoms with Crippen LogP contribution in [-0.2, 0) is 0 Å². The van der Waals surface area contributed by atoms with Gasteiger partial charge in [0.15, 0.2) is 23.2 Å². The van der Waals surface area contributed by atoms with Crippen LogP contribution in [0.5, 0.6) is 11.6 Å². The number of carbonyl (C=O) groups is 1. The molecule has 1 aliphatic heterocycles. The van der Waals surface area contributed by atoms with E-state index < -0.39 is 17.5 Å². The van der Waals surface area contributed by atoms with E-state index in [-0.39, 0.29) is 33.9 Å². The van der Waals surface area contributed by atoms with Crippen molar-refractivity contribution in [3.8, 4) is 11.6 Å². The summed E-state index contributed by atoms with van der Waals surface area (Å²) < 4.78 is 35.7. The molecular weight excluding hydrogens is 492 g/mol. The van der Waals surface area contributed by atoms with Gasteiger partial charge >= 0.3 is 0 Å². The fourth-order valence-electron chi connectivity index (χ4n) is 4.40. The van der Waals surface area contributed by atoms with Crippen molar-refractivity contribution in [3.63, 3.8) is 0 Å². The standard InChI is InChI=1S/C27H29F2N7O2/c1-4-35(3)27(37)22-25(34-17-5-7-18(8-6-17)36-11-9-30-10-12-36)31-15-32-26(22)38-21-14-20(28)24-19(23(21)29)13-16(2)33-24/h5-8,13-15,30,33H,4,9-12H2,1-3H3,(H,31,32,34). The maximum absolute atomic E-state index is 15.3. The summed E-state index contributed by atoms with van der Waals surface area (Å²) in [5.74, 6) is -2.25. The number of H-pyrrole nitrogens is 1. The SMILES string of the molecule is CCN(C)C(=O)c1c(Nc2ccc(N3CCNCC3)cc2)ncnc1Oc1cc(F)c2[nH]c(C)cc2c1F. The first kappa shape index (κ1) is 25.4. The number of nitrogens with zero attached hydrogens (tertiary/aromatic N) is 4. The molecule has 3 heterocycles.